The number of benzene rings is 6. The summed E-state index contributed by atoms with van der Waals surface area (Å²) in [7, 11) is 0. The molecule has 0 saturated carbocycles. The number of carbonyl (C=O) groups is 1. The Labute approximate surface area is 558 Å². The second-order valence-corrected chi connectivity index (χ2v) is 25.6. The fourth-order valence-corrected chi connectivity index (χ4v) is 12.5. The zero-order chi connectivity index (χ0) is 64.3. The van der Waals surface area contributed by atoms with E-state index in [1.807, 2.05) is 97.1 Å². The van der Waals surface area contributed by atoms with E-state index in [1.54, 1.807) is 0 Å². The van der Waals surface area contributed by atoms with Crippen molar-refractivity contribution in [3.05, 3.63) is 215 Å². The van der Waals surface area contributed by atoms with Gasteiger partial charge in [-0.3, -0.25) is 4.79 Å². The van der Waals surface area contributed by atoms with Crippen molar-refractivity contribution in [1.82, 2.24) is 5.32 Å². The van der Waals surface area contributed by atoms with E-state index in [1.165, 1.54) is 57.8 Å². The Morgan fingerprint density at radius 2 is 0.871 bits per heavy atom. The number of unbranched alkanes of at least 4 members (excludes halogenated alkanes) is 16. The largest absolute Gasteiger partial charge is 0.381 e. The van der Waals surface area contributed by atoms with Gasteiger partial charge in [-0.15, -0.1) is 0 Å². The number of ether oxygens (including phenoxy) is 10. The first kappa shape index (κ1) is 73.2. The van der Waals surface area contributed by atoms with E-state index >= 15 is 0 Å². The van der Waals surface area contributed by atoms with Crippen molar-refractivity contribution < 1.29 is 52.2 Å². The van der Waals surface area contributed by atoms with Gasteiger partial charge in [-0.2, -0.15) is 0 Å². The first-order valence-electron chi connectivity index (χ1n) is 35.7. The van der Waals surface area contributed by atoms with Gasteiger partial charge in [0.1, 0.15) is 30.5 Å². The highest BCUT2D eigenvalue weighted by Crippen LogP contribution is 2.33. The standard InChI is InChI=1S/C81H111NO11/c1-2-3-4-5-6-7-8-9-10-11-14-35-50-74(87-59-67-40-25-18-26-41-67)77(88-60-68-42-27-19-28-43-68)73(82-76(83)51-36-15-12-13-16-37-54-85-57-72-52-55-84-56-53-72)64-92-81-80(91-63-71-48-33-22-34-49-71)79(90-62-70-46-31-21-32-47-70)78(89-61-69-44-29-20-30-45-69)75(93-81)65-86-58-66-38-23-17-24-39-66/h17-34,38-49,72-75,77-81H,2-16,35-37,50-65H2,1H3,(H,82,83)/t73-,74+,75+,77-,78+,79-,80+,81-/m0/s1. The van der Waals surface area contributed by atoms with Crippen LogP contribution in [-0.4, -0.2) is 94.5 Å². The van der Waals surface area contributed by atoms with Gasteiger partial charge in [-0.25, -0.2) is 0 Å². The van der Waals surface area contributed by atoms with Gasteiger partial charge in [-0.1, -0.05) is 292 Å². The second-order valence-electron chi connectivity index (χ2n) is 25.6. The molecule has 2 heterocycles. The number of carbonyl (C=O) groups excluding carboxylic acids is 1. The van der Waals surface area contributed by atoms with E-state index in [4.69, 9.17) is 47.4 Å². The molecule has 12 heteroatoms. The fourth-order valence-electron chi connectivity index (χ4n) is 12.5. The van der Waals surface area contributed by atoms with Crippen LogP contribution in [0, 0.1) is 5.92 Å². The van der Waals surface area contributed by atoms with Crippen LogP contribution in [0.25, 0.3) is 0 Å². The lowest BCUT2D eigenvalue weighted by Gasteiger charge is -2.46. The average molecular weight is 1270 g/mol. The quantitative estimate of drug-likeness (QED) is 0.0368. The number of amides is 1. The number of hydrogen-bond donors (Lipinski definition) is 1. The van der Waals surface area contributed by atoms with Gasteiger partial charge < -0.3 is 52.7 Å². The molecule has 8 atom stereocenters. The molecular weight excluding hydrogens is 1160 g/mol. The highest BCUT2D eigenvalue weighted by molar-refractivity contribution is 5.76. The van der Waals surface area contributed by atoms with Gasteiger partial charge in [0.2, 0.25) is 5.91 Å². The van der Waals surface area contributed by atoms with Gasteiger partial charge in [-0.05, 0) is 71.4 Å². The van der Waals surface area contributed by atoms with Crippen LogP contribution < -0.4 is 5.32 Å². The molecule has 1 amide bonds. The maximum atomic E-state index is 14.8. The number of rotatable bonds is 49. The summed E-state index contributed by atoms with van der Waals surface area (Å²) >= 11 is 0. The maximum absolute atomic E-state index is 14.8. The molecule has 0 aliphatic carbocycles. The lowest BCUT2D eigenvalue weighted by atomic mass is 9.97. The first-order chi connectivity index (χ1) is 46.1. The van der Waals surface area contributed by atoms with Gasteiger partial charge in [0.15, 0.2) is 6.29 Å². The van der Waals surface area contributed by atoms with Crippen molar-refractivity contribution in [2.75, 3.05) is 39.6 Å². The molecule has 0 aromatic heterocycles. The smallest absolute Gasteiger partial charge is 0.220 e. The van der Waals surface area contributed by atoms with Crippen LogP contribution in [0.3, 0.4) is 0 Å². The molecule has 8 rings (SSSR count). The van der Waals surface area contributed by atoms with Crippen molar-refractivity contribution in [1.29, 1.82) is 0 Å². The lowest BCUT2D eigenvalue weighted by Crippen LogP contribution is -2.62. The lowest BCUT2D eigenvalue weighted by molar-refractivity contribution is -0.330. The molecule has 506 valence electrons. The van der Waals surface area contributed by atoms with Crippen LogP contribution in [0.2, 0.25) is 0 Å². The summed E-state index contributed by atoms with van der Waals surface area (Å²) in [6.07, 6.45) is 19.3. The van der Waals surface area contributed by atoms with Crippen LogP contribution in [0.5, 0.6) is 0 Å². The third-order valence-electron chi connectivity index (χ3n) is 18.0. The third-order valence-corrected chi connectivity index (χ3v) is 18.0. The summed E-state index contributed by atoms with van der Waals surface area (Å²) in [5, 5.41) is 3.54. The minimum atomic E-state index is -1.02. The Balaban J connectivity index is 1.07. The van der Waals surface area contributed by atoms with Crippen molar-refractivity contribution in [3.8, 4) is 0 Å². The highest BCUT2D eigenvalue weighted by atomic mass is 16.7. The second kappa shape index (κ2) is 45.7. The third kappa shape index (κ3) is 29.1. The molecule has 2 aliphatic heterocycles. The van der Waals surface area contributed by atoms with Crippen molar-refractivity contribution in [3.63, 3.8) is 0 Å². The SMILES string of the molecule is CCCCCCCCCCCCCC[C@@H](OCc1ccccc1)[C@@H](OCc1ccccc1)[C@H](CO[C@H]1O[C@H](COCc2ccccc2)[C@@H](OCc2ccccc2)[C@H](OCc2ccccc2)[C@H]1OCc1ccccc1)NC(=O)CCCCCCCCOCC1CCOCC1. The molecule has 2 fully saturated rings. The highest BCUT2D eigenvalue weighted by Gasteiger charge is 2.50. The predicted molar refractivity (Wildman–Crippen MR) is 370 cm³/mol. The minimum Gasteiger partial charge on any atom is -0.381 e. The summed E-state index contributed by atoms with van der Waals surface area (Å²) in [5.41, 5.74) is 6.13. The van der Waals surface area contributed by atoms with E-state index in [9.17, 15) is 4.79 Å². The molecule has 6 aromatic carbocycles. The topological polar surface area (TPSA) is 121 Å². The van der Waals surface area contributed by atoms with Crippen LogP contribution >= 0.6 is 0 Å². The van der Waals surface area contributed by atoms with Gasteiger partial charge in [0, 0.05) is 32.8 Å². The van der Waals surface area contributed by atoms with E-state index in [0.717, 1.165) is 137 Å². The van der Waals surface area contributed by atoms with Crippen molar-refractivity contribution >= 4 is 5.91 Å². The Kier molecular flexibility index (Phi) is 36.0. The maximum Gasteiger partial charge on any atom is 0.220 e. The van der Waals surface area contributed by atoms with Crippen molar-refractivity contribution in [2.24, 2.45) is 5.92 Å². The molecule has 6 aromatic rings. The Bertz CT molecular complexity index is 2760. The van der Waals surface area contributed by atoms with Crippen LogP contribution in [-0.2, 0) is 91.8 Å². The first-order valence-corrected chi connectivity index (χ1v) is 35.7. The number of nitrogens with one attached hydrogen (secondary N) is 1. The molecule has 1 N–H and O–H groups in total. The number of hydrogen-bond acceptors (Lipinski definition) is 11. The molecule has 2 aliphatic rings. The molecule has 2 saturated heterocycles. The monoisotopic (exact) mass is 1270 g/mol. The van der Waals surface area contributed by atoms with Crippen LogP contribution in [0.15, 0.2) is 182 Å². The average Bonchev–Trinajstić information content (AvgIpc) is 1.02. The van der Waals surface area contributed by atoms with Gasteiger partial charge >= 0.3 is 0 Å². The molecule has 93 heavy (non-hydrogen) atoms. The Morgan fingerprint density at radius 1 is 0.441 bits per heavy atom. The Hall–Kier alpha value is -5.61. The van der Waals surface area contributed by atoms with E-state index in [0.29, 0.717) is 38.8 Å². The summed E-state index contributed by atoms with van der Waals surface area (Å²) in [6.45, 7) is 7.68. The van der Waals surface area contributed by atoms with Gasteiger partial charge in [0.05, 0.1) is 65.0 Å². The molecule has 0 spiro atoms. The zero-order valence-electron chi connectivity index (χ0n) is 56.0. The van der Waals surface area contributed by atoms with Crippen LogP contribution in [0.1, 0.15) is 182 Å². The van der Waals surface area contributed by atoms with Crippen molar-refractivity contribution in [2.45, 2.75) is 237 Å². The van der Waals surface area contributed by atoms with E-state index in [2.05, 4.69) is 97.2 Å². The summed E-state index contributed by atoms with van der Waals surface area (Å²) in [4.78, 5) is 14.8. The fraction of sp³-hybridized carbons (Fsp3) is 0.543. The molecule has 12 nitrogen and oxygen atoms in total. The molecule has 0 bridgehead atoms. The molecular formula is C81H111NO11. The minimum absolute atomic E-state index is 0.0137. The van der Waals surface area contributed by atoms with E-state index < -0.39 is 49.0 Å². The molecule has 0 unspecified atom stereocenters. The van der Waals surface area contributed by atoms with Crippen LogP contribution in [0.4, 0.5) is 0 Å². The van der Waals surface area contributed by atoms with E-state index in [-0.39, 0.29) is 32.3 Å². The summed E-state index contributed by atoms with van der Waals surface area (Å²) < 4.78 is 68.5. The Morgan fingerprint density at radius 3 is 1.39 bits per heavy atom. The summed E-state index contributed by atoms with van der Waals surface area (Å²) in [6, 6.07) is 60.6. The predicted octanol–water partition coefficient (Wildman–Crippen LogP) is 17.6. The summed E-state index contributed by atoms with van der Waals surface area (Å²) in [5.74, 6) is 0.556. The molecule has 0 radical (unpaired) electrons. The van der Waals surface area contributed by atoms with Gasteiger partial charge in [0.25, 0.3) is 0 Å². The zero-order valence-corrected chi connectivity index (χ0v) is 56.0. The normalized spacial score (nSPS) is 18.7.